The largest absolute Gasteiger partial charge is 0.442 e. The Kier molecular flexibility index (Phi) is 11.3. The summed E-state index contributed by atoms with van der Waals surface area (Å²) in [5.41, 5.74) is 1.04. The van der Waals surface area contributed by atoms with Crippen LogP contribution in [-0.2, 0) is 14.3 Å². The molecule has 0 bridgehead atoms. The molecule has 0 spiro atoms. The van der Waals surface area contributed by atoms with Crippen LogP contribution in [0.15, 0.2) is 36.0 Å². The van der Waals surface area contributed by atoms with Crippen molar-refractivity contribution in [2.45, 2.75) is 96.5 Å². The fraction of sp³-hybridized carbons (Fsp3) is 0.704. The minimum absolute atomic E-state index is 0. The summed E-state index contributed by atoms with van der Waals surface area (Å²) >= 11 is 0. The lowest BCUT2D eigenvalue weighted by atomic mass is 9.83. The van der Waals surface area contributed by atoms with Gasteiger partial charge in [-0.2, -0.15) is 0 Å². The van der Waals surface area contributed by atoms with Crippen molar-refractivity contribution >= 4 is 12.0 Å². The van der Waals surface area contributed by atoms with E-state index in [-0.39, 0.29) is 33.1 Å². The molecular weight excluding hydrogens is 432 g/mol. The molecule has 2 amide bonds. The van der Waals surface area contributed by atoms with Gasteiger partial charge in [0.05, 0.1) is 11.7 Å². The van der Waals surface area contributed by atoms with Crippen molar-refractivity contribution in [3.8, 4) is 0 Å². The number of allylic oxidation sites excluding steroid dienone is 3. The van der Waals surface area contributed by atoms with E-state index in [4.69, 9.17) is 9.47 Å². The van der Waals surface area contributed by atoms with Gasteiger partial charge in [-0.1, -0.05) is 23.8 Å². The number of hydrogen-bond donors (Lipinski definition) is 3. The highest BCUT2D eigenvalue weighted by molar-refractivity contribution is 5.87. The lowest BCUT2D eigenvalue weighted by molar-refractivity contribution is -0.117. The average molecular weight is 481 g/mol. The van der Waals surface area contributed by atoms with Crippen LogP contribution >= 0.6 is 0 Å². The van der Waals surface area contributed by atoms with Crippen molar-refractivity contribution in [3.63, 3.8) is 0 Å². The fourth-order valence-electron chi connectivity index (χ4n) is 4.83. The molecule has 7 nitrogen and oxygen atoms in total. The molecule has 196 valence electrons. The van der Waals surface area contributed by atoms with Gasteiger partial charge in [0.2, 0.25) is 5.91 Å². The van der Waals surface area contributed by atoms with Crippen LogP contribution < -0.4 is 10.6 Å². The zero-order chi connectivity index (χ0) is 25.1. The van der Waals surface area contributed by atoms with Crippen molar-refractivity contribution in [2.24, 2.45) is 11.8 Å². The van der Waals surface area contributed by atoms with Crippen LogP contribution in [0, 0.1) is 11.8 Å². The Morgan fingerprint density at radius 3 is 2.56 bits per heavy atom. The zero-order valence-electron chi connectivity index (χ0n) is 21.5. The second-order valence-electron chi connectivity index (χ2n) is 10.4. The Hall–Kier alpha value is -2.12. The van der Waals surface area contributed by atoms with Gasteiger partial charge in [0.25, 0.3) is 0 Å². The van der Waals surface area contributed by atoms with E-state index in [2.05, 4.69) is 49.6 Å². The van der Waals surface area contributed by atoms with Gasteiger partial charge in [0.15, 0.2) is 0 Å². The third-order valence-corrected chi connectivity index (χ3v) is 6.63. The van der Waals surface area contributed by atoms with Crippen LogP contribution in [0.3, 0.4) is 0 Å². The van der Waals surface area contributed by atoms with E-state index in [0.29, 0.717) is 11.8 Å². The molecule has 0 aromatic carbocycles. The summed E-state index contributed by atoms with van der Waals surface area (Å²) in [4.78, 5) is 23.3. The highest BCUT2D eigenvalue weighted by Crippen LogP contribution is 2.33. The molecule has 34 heavy (non-hydrogen) atoms. The second-order valence-corrected chi connectivity index (χ2v) is 10.4. The van der Waals surface area contributed by atoms with Crippen LogP contribution in [0.5, 0.6) is 0 Å². The van der Waals surface area contributed by atoms with Crippen LogP contribution in [0.2, 0.25) is 0 Å². The number of aliphatic hydroxyl groups excluding tert-OH is 1. The maximum atomic E-state index is 12.2. The third kappa shape index (κ3) is 10.4. The van der Waals surface area contributed by atoms with E-state index in [9.17, 15) is 14.7 Å². The normalized spacial score (nSPS) is 28.6. The molecule has 2 rings (SSSR count). The molecule has 3 N–H and O–H groups in total. The lowest BCUT2D eigenvalue weighted by Gasteiger charge is -2.39. The Bertz CT molecular complexity index is 761. The van der Waals surface area contributed by atoms with Crippen molar-refractivity contribution in [1.29, 1.82) is 0 Å². The summed E-state index contributed by atoms with van der Waals surface area (Å²) in [6.07, 6.45) is 15.6. The number of nitrogens with one attached hydrogen (secondary N) is 2. The van der Waals surface area contributed by atoms with E-state index < -0.39 is 12.2 Å². The molecule has 3 atom stereocenters. The zero-order valence-corrected chi connectivity index (χ0v) is 21.5. The summed E-state index contributed by atoms with van der Waals surface area (Å²) < 4.78 is 11.2. The first-order valence-electron chi connectivity index (χ1n) is 12.6. The highest BCUT2D eigenvalue weighted by Gasteiger charge is 2.33. The molecule has 1 saturated heterocycles. The van der Waals surface area contributed by atoms with Gasteiger partial charge in [0, 0.05) is 28.6 Å². The standard InChI is InChI=1S/C27H44N2O5.2H2/c1-19(7-14-24-16-22(18-30)17-27(3,4)34-24)6-9-21-10-12-23(13-11-21)29-25(31)15-8-20(2)33-26(32)28-5;;/h6-8,14-15,20-24,30H,9-13,16-18H2,1-5H3,(H,28,32)(H,29,31);2*1H/b14-7+,15-8-,19-6+;;/t20-,21?,22-,23?,24+;;/m0../s1. The van der Waals surface area contributed by atoms with Gasteiger partial charge in [-0.3, -0.25) is 4.79 Å². The number of carbonyl (C=O) groups is 2. The van der Waals surface area contributed by atoms with Crippen molar-refractivity contribution < 1.29 is 27.0 Å². The molecule has 2 aliphatic rings. The second kappa shape index (κ2) is 13.7. The fourth-order valence-corrected chi connectivity index (χ4v) is 4.83. The van der Waals surface area contributed by atoms with Crippen molar-refractivity contribution in [2.75, 3.05) is 13.7 Å². The third-order valence-electron chi connectivity index (χ3n) is 6.63. The molecule has 2 fully saturated rings. The molecule has 1 aliphatic carbocycles. The monoisotopic (exact) mass is 480 g/mol. The first-order valence-corrected chi connectivity index (χ1v) is 12.6. The molecular formula is C27H48N2O5. The van der Waals surface area contributed by atoms with Gasteiger partial charge in [-0.05, 0) is 90.6 Å². The van der Waals surface area contributed by atoms with Crippen LogP contribution in [0.1, 0.15) is 75.5 Å². The Labute approximate surface area is 208 Å². The molecule has 0 unspecified atom stereocenters. The minimum Gasteiger partial charge on any atom is -0.442 e. The molecule has 0 radical (unpaired) electrons. The molecule has 1 aliphatic heterocycles. The van der Waals surface area contributed by atoms with Crippen LogP contribution in [0.4, 0.5) is 4.79 Å². The van der Waals surface area contributed by atoms with E-state index in [1.165, 1.54) is 18.7 Å². The number of carbonyl (C=O) groups excluding carboxylic acids is 2. The smallest absolute Gasteiger partial charge is 0.407 e. The number of rotatable bonds is 9. The number of ether oxygens (including phenoxy) is 2. The summed E-state index contributed by atoms with van der Waals surface area (Å²) in [5.74, 6) is 0.790. The molecule has 7 heteroatoms. The Morgan fingerprint density at radius 1 is 1.21 bits per heavy atom. The van der Waals surface area contributed by atoms with E-state index >= 15 is 0 Å². The number of hydrogen-bond acceptors (Lipinski definition) is 5. The average Bonchev–Trinajstić information content (AvgIpc) is 2.79. The molecule has 0 aromatic rings. The predicted octanol–water partition coefficient (Wildman–Crippen LogP) is 4.91. The number of alkyl carbamates (subject to hydrolysis) is 1. The number of amides is 2. The maximum Gasteiger partial charge on any atom is 0.407 e. The Morgan fingerprint density at radius 2 is 1.91 bits per heavy atom. The lowest BCUT2D eigenvalue weighted by Crippen LogP contribution is -2.39. The van der Waals surface area contributed by atoms with Crippen molar-refractivity contribution in [1.82, 2.24) is 10.6 Å². The predicted molar refractivity (Wildman–Crippen MR) is 139 cm³/mol. The summed E-state index contributed by atoms with van der Waals surface area (Å²) in [6.45, 7) is 8.24. The van der Waals surface area contributed by atoms with Crippen molar-refractivity contribution in [3.05, 3.63) is 36.0 Å². The van der Waals surface area contributed by atoms with Gasteiger partial charge in [-0.25, -0.2) is 4.79 Å². The number of aliphatic hydroxyl groups is 1. The molecule has 1 saturated carbocycles. The summed E-state index contributed by atoms with van der Waals surface area (Å²) in [7, 11) is 1.50. The first-order chi connectivity index (χ1) is 16.1. The highest BCUT2D eigenvalue weighted by atomic mass is 16.6. The van der Waals surface area contributed by atoms with Crippen LogP contribution in [0.25, 0.3) is 0 Å². The topological polar surface area (TPSA) is 96.9 Å². The van der Waals surface area contributed by atoms with Crippen LogP contribution in [-0.4, -0.2) is 54.6 Å². The first kappa shape index (κ1) is 28.1. The summed E-state index contributed by atoms with van der Waals surface area (Å²) in [6, 6.07) is 0.194. The molecule has 0 aromatic heterocycles. The quantitative estimate of drug-likeness (QED) is 0.322. The molecule has 1 heterocycles. The SMILES string of the molecule is CNC(=O)O[C@@H](C)/C=C\C(=O)NC1CCC(C/C=C(C)/C=C/[C@@H]2C[C@H](CO)CC(C)(C)O2)CC1.[HH].[HH]. The van der Waals surface area contributed by atoms with Gasteiger partial charge >= 0.3 is 6.09 Å². The summed E-state index contributed by atoms with van der Waals surface area (Å²) in [5, 5.41) is 15.0. The van der Waals surface area contributed by atoms with E-state index in [0.717, 1.165) is 44.9 Å². The Balaban J connectivity index is 0.00000612. The maximum absolute atomic E-state index is 12.2. The van der Waals surface area contributed by atoms with Gasteiger partial charge < -0.3 is 25.2 Å². The van der Waals surface area contributed by atoms with Gasteiger partial charge in [-0.15, -0.1) is 0 Å². The van der Waals surface area contributed by atoms with Gasteiger partial charge in [0.1, 0.15) is 6.10 Å². The van der Waals surface area contributed by atoms with E-state index in [1.54, 1.807) is 13.0 Å². The minimum atomic E-state index is -0.516. The van der Waals surface area contributed by atoms with E-state index in [1.807, 2.05) is 0 Å².